The monoisotopic (exact) mass is 258 g/mol. The van der Waals surface area contributed by atoms with E-state index in [4.69, 9.17) is 0 Å². The second kappa shape index (κ2) is 8.14. The van der Waals surface area contributed by atoms with Crippen molar-refractivity contribution in [1.82, 2.24) is 0 Å². The number of carbonyl (C=O) groups excluding carboxylic acids is 1. The van der Waals surface area contributed by atoms with Gasteiger partial charge in [0.25, 0.3) is 0 Å². The summed E-state index contributed by atoms with van der Waals surface area (Å²) < 4.78 is 0. The summed E-state index contributed by atoms with van der Waals surface area (Å²) in [4.78, 5) is 10.6. The minimum absolute atomic E-state index is 0.701. The molecule has 1 fully saturated rings. The maximum Gasteiger partial charge on any atom is 0.120 e. The molecule has 1 nitrogen and oxygen atoms in total. The van der Waals surface area contributed by atoms with Crippen LogP contribution in [0.25, 0.3) is 0 Å². The van der Waals surface area contributed by atoms with Gasteiger partial charge in [-0.2, -0.15) is 0 Å². The number of carbonyl (C=O) groups is 1. The minimum Gasteiger partial charge on any atom is -0.303 e. The van der Waals surface area contributed by atoms with Gasteiger partial charge in [-0.1, -0.05) is 62.4 Å². The number of aryl methyl sites for hydroxylation is 1. The van der Waals surface area contributed by atoms with Gasteiger partial charge in [-0.25, -0.2) is 0 Å². The van der Waals surface area contributed by atoms with Crippen molar-refractivity contribution in [2.24, 2.45) is 11.8 Å². The molecule has 0 heterocycles. The molecule has 1 aromatic carbocycles. The molecule has 1 saturated carbocycles. The van der Waals surface area contributed by atoms with Crippen molar-refractivity contribution in [3.63, 3.8) is 0 Å². The third kappa shape index (κ3) is 4.81. The average molecular weight is 258 g/mol. The molecule has 2 rings (SSSR count). The van der Waals surface area contributed by atoms with Crippen LogP contribution >= 0.6 is 0 Å². The van der Waals surface area contributed by atoms with E-state index < -0.39 is 0 Å². The number of aldehydes is 1. The van der Waals surface area contributed by atoms with Crippen molar-refractivity contribution in [1.29, 1.82) is 0 Å². The Bertz CT molecular complexity index is 357. The van der Waals surface area contributed by atoms with Crippen molar-refractivity contribution in [2.45, 2.75) is 57.8 Å². The molecule has 0 bridgehead atoms. The van der Waals surface area contributed by atoms with Crippen LogP contribution in [0.5, 0.6) is 0 Å². The summed E-state index contributed by atoms with van der Waals surface area (Å²) in [5.41, 5.74) is 1.46. The first-order chi connectivity index (χ1) is 9.40. The van der Waals surface area contributed by atoms with E-state index in [1.165, 1.54) is 56.9 Å². The molecule has 0 spiro atoms. The zero-order chi connectivity index (χ0) is 13.3. The molecule has 0 aromatic heterocycles. The topological polar surface area (TPSA) is 17.1 Å². The van der Waals surface area contributed by atoms with Gasteiger partial charge >= 0.3 is 0 Å². The summed E-state index contributed by atoms with van der Waals surface area (Å²) in [5, 5.41) is 0. The van der Waals surface area contributed by atoms with Crippen LogP contribution in [-0.2, 0) is 11.2 Å². The lowest BCUT2D eigenvalue weighted by Crippen LogP contribution is -2.08. The second-order valence-corrected chi connectivity index (χ2v) is 5.94. The molecule has 0 amide bonds. The van der Waals surface area contributed by atoms with Crippen molar-refractivity contribution in [3.05, 3.63) is 35.9 Å². The van der Waals surface area contributed by atoms with Crippen molar-refractivity contribution >= 4 is 6.29 Å². The summed E-state index contributed by atoms with van der Waals surface area (Å²) in [6, 6.07) is 10.8. The normalized spacial score (nSPS) is 22.5. The molecule has 1 heteroatoms. The van der Waals surface area contributed by atoms with E-state index in [9.17, 15) is 4.79 Å². The summed E-state index contributed by atoms with van der Waals surface area (Å²) >= 11 is 0. The molecule has 19 heavy (non-hydrogen) atoms. The fourth-order valence-electron chi connectivity index (χ4n) is 3.48. The summed E-state index contributed by atoms with van der Waals surface area (Å²) in [6.45, 7) is 0. The molecule has 2 unspecified atom stereocenters. The fourth-order valence-corrected chi connectivity index (χ4v) is 3.48. The summed E-state index contributed by atoms with van der Waals surface area (Å²) in [7, 11) is 0. The molecule has 0 N–H and O–H groups in total. The van der Waals surface area contributed by atoms with Gasteiger partial charge in [0.1, 0.15) is 6.29 Å². The minimum atomic E-state index is 0.701. The Morgan fingerprint density at radius 2 is 1.79 bits per heavy atom. The van der Waals surface area contributed by atoms with E-state index in [1.54, 1.807) is 0 Å². The van der Waals surface area contributed by atoms with E-state index in [0.717, 1.165) is 18.6 Å². The molecule has 0 radical (unpaired) electrons. The highest BCUT2D eigenvalue weighted by atomic mass is 16.1. The first-order valence-electron chi connectivity index (χ1n) is 7.87. The maximum absolute atomic E-state index is 10.6. The molecule has 1 aliphatic rings. The van der Waals surface area contributed by atoms with Crippen LogP contribution in [0.2, 0.25) is 0 Å². The van der Waals surface area contributed by atoms with Crippen molar-refractivity contribution in [3.8, 4) is 0 Å². The number of unbranched alkanes of at least 4 members (excludes halogenated alkanes) is 2. The summed E-state index contributed by atoms with van der Waals surface area (Å²) in [5.74, 6) is 1.54. The SMILES string of the molecule is O=CCC1CCCC1CCCCCc1ccccc1. The van der Waals surface area contributed by atoms with Gasteiger partial charge in [0.05, 0.1) is 0 Å². The zero-order valence-corrected chi connectivity index (χ0v) is 11.9. The predicted octanol–water partition coefficient (Wildman–Crippen LogP) is 4.79. The van der Waals surface area contributed by atoms with E-state index in [-0.39, 0.29) is 0 Å². The van der Waals surface area contributed by atoms with Crippen LogP contribution in [0.4, 0.5) is 0 Å². The van der Waals surface area contributed by atoms with Gasteiger partial charge in [-0.05, 0) is 36.7 Å². The number of rotatable bonds is 8. The molecule has 1 aromatic rings. The van der Waals surface area contributed by atoms with Crippen molar-refractivity contribution in [2.75, 3.05) is 0 Å². The van der Waals surface area contributed by atoms with E-state index in [2.05, 4.69) is 30.3 Å². The zero-order valence-electron chi connectivity index (χ0n) is 11.9. The highest BCUT2D eigenvalue weighted by Crippen LogP contribution is 2.36. The largest absolute Gasteiger partial charge is 0.303 e. The van der Waals surface area contributed by atoms with Gasteiger partial charge in [0.15, 0.2) is 0 Å². The van der Waals surface area contributed by atoms with Crippen LogP contribution in [0.3, 0.4) is 0 Å². The fraction of sp³-hybridized carbons (Fsp3) is 0.611. The maximum atomic E-state index is 10.6. The highest BCUT2D eigenvalue weighted by molar-refractivity contribution is 5.49. The molecule has 104 valence electrons. The standard InChI is InChI=1S/C18H26O/c19-15-14-18-13-7-12-17(18)11-6-2-5-10-16-8-3-1-4-9-16/h1,3-4,8-9,15,17-18H,2,5-7,10-14H2. The molecule has 0 aliphatic heterocycles. The first-order valence-corrected chi connectivity index (χ1v) is 7.87. The van der Waals surface area contributed by atoms with Gasteiger partial charge in [0.2, 0.25) is 0 Å². The predicted molar refractivity (Wildman–Crippen MR) is 80.1 cm³/mol. The van der Waals surface area contributed by atoms with Crippen LogP contribution in [0, 0.1) is 11.8 Å². The number of hydrogen-bond donors (Lipinski definition) is 0. The van der Waals surface area contributed by atoms with E-state index in [0.29, 0.717) is 5.92 Å². The number of benzene rings is 1. The van der Waals surface area contributed by atoms with Crippen LogP contribution < -0.4 is 0 Å². The summed E-state index contributed by atoms with van der Waals surface area (Å²) in [6.07, 6.45) is 12.4. The third-order valence-electron chi connectivity index (χ3n) is 4.60. The van der Waals surface area contributed by atoms with Gasteiger partial charge in [-0.15, -0.1) is 0 Å². The third-order valence-corrected chi connectivity index (χ3v) is 4.60. The quantitative estimate of drug-likeness (QED) is 0.484. The van der Waals surface area contributed by atoms with Crippen molar-refractivity contribution < 1.29 is 4.79 Å². The Labute approximate surface area is 117 Å². The van der Waals surface area contributed by atoms with Crippen LogP contribution in [0.1, 0.15) is 56.9 Å². The molecule has 2 atom stereocenters. The second-order valence-electron chi connectivity index (χ2n) is 5.94. The molecular weight excluding hydrogens is 232 g/mol. The van der Waals surface area contributed by atoms with Gasteiger partial charge in [0, 0.05) is 6.42 Å². The first kappa shape index (κ1) is 14.3. The Kier molecular flexibility index (Phi) is 6.13. The molecule has 1 aliphatic carbocycles. The lowest BCUT2D eigenvalue weighted by molar-refractivity contribution is -0.108. The molecule has 0 saturated heterocycles. The van der Waals surface area contributed by atoms with E-state index in [1.807, 2.05) is 0 Å². The van der Waals surface area contributed by atoms with Crippen LogP contribution in [0.15, 0.2) is 30.3 Å². The lowest BCUT2D eigenvalue weighted by atomic mass is 9.88. The van der Waals surface area contributed by atoms with Gasteiger partial charge < -0.3 is 4.79 Å². The highest BCUT2D eigenvalue weighted by Gasteiger charge is 2.25. The lowest BCUT2D eigenvalue weighted by Gasteiger charge is -2.16. The Morgan fingerprint density at radius 1 is 1.00 bits per heavy atom. The van der Waals surface area contributed by atoms with E-state index >= 15 is 0 Å². The smallest absolute Gasteiger partial charge is 0.120 e. The number of hydrogen-bond acceptors (Lipinski definition) is 1. The van der Waals surface area contributed by atoms with Crippen LogP contribution in [-0.4, -0.2) is 6.29 Å². The average Bonchev–Trinajstić information content (AvgIpc) is 2.88. The Balaban J connectivity index is 1.58. The molecular formula is C18H26O. The Hall–Kier alpha value is -1.11. The Morgan fingerprint density at radius 3 is 2.58 bits per heavy atom. The van der Waals surface area contributed by atoms with Gasteiger partial charge in [-0.3, -0.25) is 0 Å².